The highest BCUT2D eigenvalue weighted by molar-refractivity contribution is 6.41. The summed E-state index contributed by atoms with van der Waals surface area (Å²) in [6.45, 7) is 8.07. The number of guanidine groups is 1. The third-order valence-corrected chi connectivity index (χ3v) is 4.04. The Kier molecular flexibility index (Phi) is 8.26. The van der Waals surface area contributed by atoms with Crippen LogP contribution in [0.4, 0.5) is 0 Å². The van der Waals surface area contributed by atoms with E-state index < -0.39 is 0 Å². The first-order valence-corrected chi connectivity index (χ1v) is 8.41. The predicted molar refractivity (Wildman–Crippen MR) is 96.1 cm³/mol. The van der Waals surface area contributed by atoms with Crippen molar-refractivity contribution < 1.29 is 4.79 Å². The SMILES string of the molecule is CCNC(=NCc1cc(Cl)c(Cl)n1C)NCCNC(=O)C(C)C. The number of carbonyl (C=O) groups excluding carboxylic acids is 1. The van der Waals surface area contributed by atoms with Crippen LogP contribution < -0.4 is 16.0 Å². The van der Waals surface area contributed by atoms with E-state index in [0.717, 1.165) is 12.2 Å². The Morgan fingerprint density at radius 1 is 1.26 bits per heavy atom. The zero-order chi connectivity index (χ0) is 17.4. The number of aromatic nitrogens is 1. The van der Waals surface area contributed by atoms with Crippen LogP contribution >= 0.6 is 23.2 Å². The standard InChI is InChI=1S/C15H25Cl2N5O/c1-5-18-15(20-7-6-19-14(23)10(2)3)21-9-11-8-12(16)13(17)22(11)4/h8,10H,5-7,9H2,1-4H3,(H,19,23)(H2,18,20,21). The van der Waals surface area contributed by atoms with Crippen LogP contribution in [0.2, 0.25) is 10.2 Å². The van der Waals surface area contributed by atoms with Gasteiger partial charge in [-0.3, -0.25) is 4.79 Å². The molecular formula is C15H25Cl2N5O. The molecule has 0 saturated carbocycles. The zero-order valence-electron chi connectivity index (χ0n) is 14.0. The van der Waals surface area contributed by atoms with Gasteiger partial charge in [0.1, 0.15) is 5.15 Å². The highest BCUT2D eigenvalue weighted by Crippen LogP contribution is 2.25. The van der Waals surface area contributed by atoms with Crippen molar-refractivity contribution in [3.8, 4) is 0 Å². The number of hydrogen-bond donors (Lipinski definition) is 3. The normalized spacial score (nSPS) is 11.7. The van der Waals surface area contributed by atoms with E-state index in [4.69, 9.17) is 23.2 Å². The average Bonchev–Trinajstić information content (AvgIpc) is 2.75. The molecule has 0 aliphatic heterocycles. The van der Waals surface area contributed by atoms with Gasteiger partial charge in [0.05, 0.1) is 11.6 Å². The second-order valence-electron chi connectivity index (χ2n) is 5.40. The van der Waals surface area contributed by atoms with Crippen molar-refractivity contribution in [3.63, 3.8) is 0 Å². The number of hydrogen-bond acceptors (Lipinski definition) is 2. The molecule has 0 aromatic carbocycles. The van der Waals surface area contributed by atoms with E-state index in [1.54, 1.807) is 10.6 Å². The lowest BCUT2D eigenvalue weighted by molar-refractivity contribution is -0.123. The smallest absolute Gasteiger partial charge is 0.222 e. The molecule has 3 N–H and O–H groups in total. The van der Waals surface area contributed by atoms with Gasteiger partial charge in [0.2, 0.25) is 5.91 Å². The van der Waals surface area contributed by atoms with E-state index in [1.807, 2.05) is 27.8 Å². The van der Waals surface area contributed by atoms with Gasteiger partial charge in [0.25, 0.3) is 0 Å². The molecule has 8 heteroatoms. The first-order chi connectivity index (χ1) is 10.9. The van der Waals surface area contributed by atoms with Crippen LogP contribution in [-0.4, -0.2) is 36.1 Å². The molecule has 1 amide bonds. The lowest BCUT2D eigenvalue weighted by atomic mass is 10.2. The monoisotopic (exact) mass is 361 g/mol. The molecule has 1 aromatic rings. The lowest BCUT2D eigenvalue weighted by Crippen LogP contribution is -2.42. The Bertz CT molecular complexity index is 554. The zero-order valence-corrected chi connectivity index (χ0v) is 15.6. The van der Waals surface area contributed by atoms with Gasteiger partial charge < -0.3 is 20.5 Å². The van der Waals surface area contributed by atoms with Crippen LogP contribution in [0.5, 0.6) is 0 Å². The summed E-state index contributed by atoms with van der Waals surface area (Å²) in [5.41, 5.74) is 0.922. The second kappa shape index (κ2) is 9.67. The molecule has 0 bridgehead atoms. The highest BCUT2D eigenvalue weighted by atomic mass is 35.5. The Morgan fingerprint density at radius 3 is 2.43 bits per heavy atom. The minimum atomic E-state index is -0.0104. The van der Waals surface area contributed by atoms with E-state index in [-0.39, 0.29) is 11.8 Å². The van der Waals surface area contributed by atoms with Crippen LogP contribution in [0.3, 0.4) is 0 Å². The summed E-state index contributed by atoms with van der Waals surface area (Å²) in [6, 6.07) is 1.81. The molecule has 130 valence electrons. The third-order valence-electron chi connectivity index (χ3n) is 3.20. The maximum atomic E-state index is 11.5. The summed E-state index contributed by atoms with van der Waals surface area (Å²) < 4.78 is 1.81. The molecule has 1 rings (SSSR count). The van der Waals surface area contributed by atoms with Crippen molar-refractivity contribution in [2.24, 2.45) is 18.0 Å². The minimum Gasteiger partial charge on any atom is -0.357 e. The fourth-order valence-corrected chi connectivity index (χ4v) is 2.23. The molecular weight excluding hydrogens is 337 g/mol. The van der Waals surface area contributed by atoms with E-state index in [0.29, 0.717) is 35.8 Å². The first-order valence-electron chi connectivity index (χ1n) is 7.66. The molecule has 1 aromatic heterocycles. The fourth-order valence-electron chi connectivity index (χ4n) is 1.81. The maximum absolute atomic E-state index is 11.5. The second-order valence-corrected chi connectivity index (χ2v) is 6.17. The summed E-state index contributed by atoms with van der Waals surface area (Å²) in [4.78, 5) is 16.0. The molecule has 0 radical (unpaired) electrons. The molecule has 1 heterocycles. The van der Waals surface area contributed by atoms with Gasteiger partial charge in [0.15, 0.2) is 5.96 Å². The summed E-state index contributed by atoms with van der Waals surface area (Å²) in [7, 11) is 1.85. The topological polar surface area (TPSA) is 70.5 Å². The number of nitrogens with one attached hydrogen (secondary N) is 3. The summed E-state index contributed by atoms with van der Waals surface area (Å²) in [6.07, 6.45) is 0. The van der Waals surface area contributed by atoms with E-state index >= 15 is 0 Å². The molecule has 0 saturated heterocycles. The Labute approximate surface area is 147 Å². The van der Waals surface area contributed by atoms with Gasteiger partial charge in [-0.2, -0.15) is 0 Å². The van der Waals surface area contributed by atoms with Gasteiger partial charge in [-0.15, -0.1) is 0 Å². The molecule has 6 nitrogen and oxygen atoms in total. The van der Waals surface area contributed by atoms with Crippen molar-refractivity contribution in [1.82, 2.24) is 20.5 Å². The van der Waals surface area contributed by atoms with Gasteiger partial charge in [-0.25, -0.2) is 4.99 Å². The van der Waals surface area contributed by atoms with Gasteiger partial charge >= 0.3 is 0 Å². The Morgan fingerprint density at radius 2 is 1.91 bits per heavy atom. The van der Waals surface area contributed by atoms with Crippen LogP contribution in [0.15, 0.2) is 11.1 Å². The number of amides is 1. The van der Waals surface area contributed by atoms with Crippen molar-refractivity contribution in [3.05, 3.63) is 21.9 Å². The van der Waals surface area contributed by atoms with Crippen LogP contribution in [-0.2, 0) is 18.4 Å². The highest BCUT2D eigenvalue weighted by Gasteiger charge is 2.09. The molecule has 0 aliphatic carbocycles. The van der Waals surface area contributed by atoms with Gasteiger partial charge in [-0.1, -0.05) is 37.0 Å². The summed E-state index contributed by atoms with van der Waals surface area (Å²) >= 11 is 12.0. The van der Waals surface area contributed by atoms with Crippen LogP contribution in [0.25, 0.3) is 0 Å². The number of halogens is 2. The molecule has 0 atom stereocenters. The Balaban J connectivity index is 2.53. The maximum Gasteiger partial charge on any atom is 0.222 e. The van der Waals surface area contributed by atoms with Crippen molar-refractivity contribution >= 4 is 35.1 Å². The quantitative estimate of drug-likeness (QED) is 0.396. The van der Waals surface area contributed by atoms with Gasteiger partial charge in [0, 0.05) is 38.3 Å². The number of rotatable bonds is 7. The van der Waals surface area contributed by atoms with Crippen molar-refractivity contribution in [2.75, 3.05) is 19.6 Å². The number of carbonyl (C=O) groups is 1. The molecule has 0 spiro atoms. The largest absolute Gasteiger partial charge is 0.357 e. The lowest BCUT2D eigenvalue weighted by Gasteiger charge is -2.12. The van der Waals surface area contributed by atoms with Crippen molar-refractivity contribution in [2.45, 2.75) is 27.3 Å². The fraction of sp³-hybridized carbons (Fsp3) is 0.600. The van der Waals surface area contributed by atoms with Crippen LogP contribution in [0, 0.1) is 5.92 Å². The minimum absolute atomic E-state index is 0.0104. The van der Waals surface area contributed by atoms with Crippen LogP contribution in [0.1, 0.15) is 26.5 Å². The molecule has 0 unspecified atom stereocenters. The average molecular weight is 362 g/mol. The van der Waals surface area contributed by atoms with E-state index in [9.17, 15) is 4.79 Å². The molecule has 23 heavy (non-hydrogen) atoms. The van der Waals surface area contributed by atoms with Gasteiger partial charge in [-0.05, 0) is 13.0 Å². The Hall–Kier alpha value is -1.40. The molecule has 0 aliphatic rings. The number of nitrogens with zero attached hydrogens (tertiary/aromatic N) is 2. The van der Waals surface area contributed by atoms with E-state index in [2.05, 4.69) is 20.9 Å². The summed E-state index contributed by atoms with van der Waals surface area (Å²) in [5.74, 6) is 0.713. The predicted octanol–water partition coefficient (Wildman–Crippen LogP) is 2.16. The first kappa shape index (κ1) is 19.6. The molecule has 0 fully saturated rings. The summed E-state index contributed by atoms with van der Waals surface area (Å²) in [5, 5.41) is 10.2. The van der Waals surface area contributed by atoms with Crippen molar-refractivity contribution in [1.29, 1.82) is 0 Å². The van der Waals surface area contributed by atoms with E-state index in [1.165, 1.54) is 0 Å². The third kappa shape index (κ3) is 6.31. The number of aliphatic imine (C=N–C) groups is 1.